The molecule has 0 aliphatic carbocycles. The molecule has 2 rings (SSSR count). The first-order chi connectivity index (χ1) is 20.0. The van der Waals surface area contributed by atoms with Gasteiger partial charge in [-0.05, 0) is 74.1 Å². The third-order valence-corrected chi connectivity index (χ3v) is 10.1. The first-order valence-electron chi connectivity index (χ1n) is 16.3. The van der Waals surface area contributed by atoms with Gasteiger partial charge in [0.05, 0.1) is 27.6 Å². The molecule has 6 unspecified atom stereocenters. The molecule has 10 nitrogen and oxygen atoms in total. The number of ether oxygens (including phenoxy) is 2. The van der Waals surface area contributed by atoms with Crippen molar-refractivity contribution >= 4 is 23.9 Å². The van der Waals surface area contributed by atoms with E-state index in [-0.39, 0.29) is 58.6 Å². The summed E-state index contributed by atoms with van der Waals surface area (Å²) in [4.78, 5) is 58.2. The molecule has 0 radical (unpaired) electrons. The van der Waals surface area contributed by atoms with Gasteiger partial charge in [-0.15, -0.1) is 10.1 Å². The van der Waals surface area contributed by atoms with Crippen molar-refractivity contribution < 1.29 is 38.3 Å². The molecule has 2 fully saturated rings. The lowest BCUT2D eigenvalue weighted by atomic mass is 9.69. The van der Waals surface area contributed by atoms with Gasteiger partial charge >= 0.3 is 23.9 Å². The molecule has 44 heavy (non-hydrogen) atoms. The second kappa shape index (κ2) is 14.9. The highest BCUT2D eigenvalue weighted by molar-refractivity contribution is 5.75. The Morgan fingerprint density at radius 3 is 1.43 bits per heavy atom. The van der Waals surface area contributed by atoms with Crippen molar-refractivity contribution in [2.24, 2.45) is 11.3 Å². The Hall–Kier alpha value is -2.20. The number of hydroxylamine groups is 4. The third kappa shape index (κ3) is 9.18. The van der Waals surface area contributed by atoms with E-state index < -0.39 is 11.0 Å². The SMILES string of the molecule is CCC1(C)CC(OC(C)=O)C(C)C(C)(CC)N1OC(=O)C(C)(C)C.CCC1(C)CC(OC(C)=O)CC(C)(CC)N1OC(C)=O. The van der Waals surface area contributed by atoms with E-state index in [1.165, 1.54) is 20.8 Å². The third-order valence-electron chi connectivity index (χ3n) is 10.1. The lowest BCUT2D eigenvalue weighted by Crippen LogP contribution is -2.68. The van der Waals surface area contributed by atoms with Crippen LogP contribution in [0.25, 0.3) is 0 Å². The largest absolute Gasteiger partial charge is 0.462 e. The van der Waals surface area contributed by atoms with E-state index in [1.807, 2.05) is 30.9 Å². The maximum Gasteiger partial charge on any atom is 0.330 e. The minimum Gasteiger partial charge on any atom is -0.462 e. The zero-order valence-electron chi connectivity index (χ0n) is 30.3. The number of carbonyl (C=O) groups excluding carboxylic acids is 4. The predicted molar refractivity (Wildman–Crippen MR) is 170 cm³/mol. The van der Waals surface area contributed by atoms with Gasteiger partial charge < -0.3 is 19.1 Å². The number of hydrogen-bond donors (Lipinski definition) is 0. The van der Waals surface area contributed by atoms with Crippen molar-refractivity contribution in [2.75, 3.05) is 0 Å². The van der Waals surface area contributed by atoms with Gasteiger partial charge in [-0.25, -0.2) is 4.79 Å². The summed E-state index contributed by atoms with van der Waals surface area (Å²) in [6.45, 7) is 28.5. The Morgan fingerprint density at radius 2 is 1.09 bits per heavy atom. The molecule has 0 aromatic carbocycles. The van der Waals surface area contributed by atoms with E-state index >= 15 is 0 Å². The number of hydrogen-bond acceptors (Lipinski definition) is 10. The lowest BCUT2D eigenvalue weighted by molar-refractivity contribution is -0.304. The highest BCUT2D eigenvalue weighted by Gasteiger charge is 2.57. The Morgan fingerprint density at radius 1 is 0.659 bits per heavy atom. The first-order valence-corrected chi connectivity index (χ1v) is 16.3. The second-order valence-corrected chi connectivity index (χ2v) is 14.8. The monoisotopic (exact) mass is 626 g/mol. The van der Waals surface area contributed by atoms with Gasteiger partial charge in [0.25, 0.3) is 0 Å². The van der Waals surface area contributed by atoms with Crippen molar-refractivity contribution in [3.63, 3.8) is 0 Å². The van der Waals surface area contributed by atoms with E-state index in [4.69, 9.17) is 19.1 Å². The molecule has 0 spiro atoms. The molecule has 0 amide bonds. The quantitative estimate of drug-likeness (QED) is 0.263. The van der Waals surface area contributed by atoms with Crippen LogP contribution < -0.4 is 0 Å². The molecule has 0 saturated carbocycles. The number of esters is 2. The number of rotatable bonds is 8. The number of piperidine rings is 2. The normalized spacial score (nSPS) is 34.7. The van der Waals surface area contributed by atoms with Crippen LogP contribution in [-0.2, 0) is 38.3 Å². The molecule has 2 aliphatic rings. The molecule has 0 N–H and O–H groups in total. The van der Waals surface area contributed by atoms with Gasteiger partial charge in [0.15, 0.2) is 0 Å². The summed E-state index contributed by atoms with van der Waals surface area (Å²) in [7, 11) is 0. The highest BCUT2D eigenvalue weighted by Crippen LogP contribution is 2.47. The molecular formula is C34H62N2O8. The van der Waals surface area contributed by atoms with Crippen molar-refractivity contribution in [3.05, 3.63) is 0 Å². The molecule has 2 heterocycles. The summed E-state index contributed by atoms with van der Waals surface area (Å²) in [6, 6.07) is 0. The summed E-state index contributed by atoms with van der Waals surface area (Å²) in [5.74, 6) is -1.01. The van der Waals surface area contributed by atoms with Gasteiger partial charge in [0.2, 0.25) is 0 Å². The van der Waals surface area contributed by atoms with Crippen molar-refractivity contribution in [1.82, 2.24) is 10.1 Å². The number of carbonyl (C=O) groups is 4. The van der Waals surface area contributed by atoms with Gasteiger partial charge in [-0.1, -0.05) is 34.6 Å². The van der Waals surface area contributed by atoms with Crippen LogP contribution in [0, 0.1) is 11.3 Å². The Bertz CT molecular complexity index is 1010. The van der Waals surface area contributed by atoms with Crippen LogP contribution in [-0.4, -0.2) is 68.4 Å². The topological polar surface area (TPSA) is 112 Å². The van der Waals surface area contributed by atoms with Gasteiger partial charge in [0, 0.05) is 46.0 Å². The van der Waals surface area contributed by atoms with E-state index in [0.717, 1.165) is 25.7 Å². The van der Waals surface area contributed by atoms with Crippen LogP contribution in [0.2, 0.25) is 0 Å². The maximum atomic E-state index is 12.6. The van der Waals surface area contributed by atoms with Crippen molar-refractivity contribution in [1.29, 1.82) is 0 Å². The Kier molecular flexibility index (Phi) is 13.5. The molecule has 2 saturated heterocycles. The van der Waals surface area contributed by atoms with E-state index in [0.29, 0.717) is 19.3 Å². The Balaban J connectivity index is 0.000000447. The summed E-state index contributed by atoms with van der Waals surface area (Å²) < 4.78 is 11.0. The summed E-state index contributed by atoms with van der Waals surface area (Å²) in [5.41, 5.74) is -1.99. The summed E-state index contributed by atoms with van der Waals surface area (Å²) in [6.07, 6.45) is 4.90. The van der Waals surface area contributed by atoms with E-state index in [9.17, 15) is 19.2 Å². The van der Waals surface area contributed by atoms with Crippen LogP contribution >= 0.6 is 0 Å². The Labute approximate surface area is 266 Å². The molecule has 0 aromatic heterocycles. The van der Waals surface area contributed by atoms with Crippen LogP contribution in [0.5, 0.6) is 0 Å². The molecule has 0 aromatic rings. The van der Waals surface area contributed by atoms with Crippen molar-refractivity contribution in [3.8, 4) is 0 Å². The predicted octanol–water partition coefficient (Wildman–Crippen LogP) is 6.93. The zero-order chi connectivity index (χ0) is 34.5. The van der Waals surface area contributed by atoms with Crippen molar-refractivity contribution in [2.45, 2.75) is 183 Å². The highest BCUT2D eigenvalue weighted by atomic mass is 16.7. The van der Waals surface area contributed by atoms with E-state index in [1.54, 1.807) is 0 Å². The van der Waals surface area contributed by atoms with Gasteiger partial charge in [-0.2, -0.15) is 0 Å². The van der Waals surface area contributed by atoms with Crippen LogP contribution in [0.1, 0.15) is 149 Å². The fraction of sp³-hybridized carbons (Fsp3) is 0.882. The zero-order valence-corrected chi connectivity index (χ0v) is 30.3. The van der Waals surface area contributed by atoms with Crippen LogP contribution in [0.3, 0.4) is 0 Å². The molecular weight excluding hydrogens is 564 g/mol. The average molecular weight is 627 g/mol. The standard InChI is InChI=1S/C19H35NO4.C15H27NO4/c1-10-18(8)12-15(23-14(4)21)13(3)19(9,11-2)20(18)24-16(22)17(5,6)7;1-7-14(5)9-13(19-11(3)17)10-15(6,8-2)16(14)20-12(4)18/h13,15H,10-12H2,1-9H3;13H,7-10H2,1-6H3. The maximum absolute atomic E-state index is 12.6. The molecule has 10 heteroatoms. The lowest BCUT2D eigenvalue weighted by Gasteiger charge is -2.58. The smallest absolute Gasteiger partial charge is 0.330 e. The molecule has 256 valence electrons. The molecule has 6 atom stereocenters. The minimum atomic E-state index is -0.570. The first kappa shape index (κ1) is 39.8. The average Bonchev–Trinajstić information content (AvgIpc) is 2.90. The van der Waals surface area contributed by atoms with Crippen LogP contribution in [0.15, 0.2) is 0 Å². The van der Waals surface area contributed by atoms with Gasteiger partial charge in [-0.3, -0.25) is 14.4 Å². The summed E-state index contributed by atoms with van der Waals surface area (Å²) >= 11 is 0. The second-order valence-electron chi connectivity index (χ2n) is 14.8. The minimum absolute atomic E-state index is 0.0544. The number of nitrogens with zero attached hydrogens (tertiary/aromatic N) is 2. The van der Waals surface area contributed by atoms with Crippen LogP contribution in [0.4, 0.5) is 0 Å². The van der Waals surface area contributed by atoms with Gasteiger partial charge in [0.1, 0.15) is 12.2 Å². The molecule has 2 aliphatic heterocycles. The summed E-state index contributed by atoms with van der Waals surface area (Å²) in [5, 5.41) is 3.74. The van der Waals surface area contributed by atoms with E-state index in [2.05, 4.69) is 62.3 Å². The molecule has 0 bridgehead atoms. The fourth-order valence-electron chi connectivity index (χ4n) is 6.55. The fourth-order valence-corrected chi connectivity index (χ4v) is 6.55.